The van der Waals surface area contributed by atoms with Gasteiger partial charge in [0.05, 0.1) is 4.92 Å². The number of phenolic OH excluding ortho intramolecular Hbond substituents is 1. The van der Waals surface area contributed by atoms with E-state index >= 15 is 0 Å². The molecule has 1 aromatic heterocycles. The van der Waals surface area contributed by atoms with Crippen LogP contribution in [0.15, 0.2) is 36.4 Å². The fourth-order valence-electron chi connectivity index (χ4n) is 1.37. The van der Waals surface area contributed by atoms with Gasteiger partial charge in [0, 0.05) is 11.8 Å². The average molecular weight is 246 g/mol. The summed E-state index contributed by atoms with van der Waals surface area (Å²) in [5.41, 5.74) is 0.419. The van der Waals surface area contributed by atoms with Gasteiger partial charge in [-0.3, -0.25) is 10.1 Å². The summed E-state index contributed by atoms with van der Waals surface area (Å²) in [5.74, 6) is 0.397. The molecule has 0 radical (unpaired) electrons. The Kier molecular flexibility index (Phi) is 3.09. The molecule has 0 saturated carbocycles. The standard InChI is InChI=1S/C12H10N2O4/c1-8-2-7-11(14(16)17)12(13-8)18-10-5-3-9(15)4-6-10/h2-7,15H,1H3. The number of phenols is 1. The Morgan fingerprint density at radius 1 is 1.22 bits per heavy atom. The summed E-state index contributed by atoms with van der Waals surface area (Å²) < 4.78 is 5.34. The molecular formula is C12H10N2O4. The van der Waals surface area contributed by atoms with E-state index in [1.807, 2.05) is 0 Å². The van der Waals surface area contributed by atoms with Crippen molar-refractivity contribution in [1.82, 2.24) is 4.98 Å². The smallest absolute Gasteiger partial charge is 0.331 e. The van der Waals surface area contributed by atoms with E-state index in [4.69, 9.17) is 9.84 Å². The number of nitrogens with zero attached hydrogens (tertiary/aromatic N) is 2. The van der Waals surface area contributed by atoms with Crippen molar-refractivity contribution < 1.29 is 14.8 Å². The highest BCUT2D eigenvalue weighted by Gasteiger charge is 2.17. The van der Waals surface area contributed by atoms with E-state index in [0.717, 1.165) is 0 Å². The molecule has 0 atom stereocenters. The SMILES string of the molecule is Cc1ccc([N+](=O)[O-])c(Oc2ccc(O)cc2)n1. The fourth-order valence-corrected chi connectivity index (χ4v) is 1.37. The number of rotatable bonds is 3. The molecule has 0 bridgehead atoms. The van der Waals surface area contributed by atoms with Crippen LogP contribution in [0.1, 0.15) is 5.69 Å². The molecule has 0 unspecified atom stereocenters. The van der Waals surface area contributed by atoms with Crippen molar-refractivity contribution in [1.29, 1.82) is 0 Å². The van der Waals surface area contributed by atoms with E-state index < -0.39 is 4.92 Å². The number of hydrogen-bond donors (Lipinski definition) is 1. The summed E-state index contributed by atoms with van der Waals surface area (Å²) in [4.78, 5) is 14.3. The number of pyridine rings is 1. The second-order valence-electron chi connectivity index (χ2n) is 3.63. The van der Waals surface area contributed by atoms with Crippen LogP contribution in [-0.2, 0) is 0 Å². The minimum Gasteiger partial charge on any atom is -0.508 e. The number of nitro groups is 1. The molecule has 0 spiro atoms. The molecule has 92 valence electrons. The third-order valence-electron chi connectivity index (χ3n) is 2.23. The van der Waals surface area contributed by atoms with E-state index in [-0.39, 0.29) is 17.3 Å². The van der Waals surface area contributed by atoms with Crippen molar-refractivity contribution in [2.75, 3.05) is 0 Å². The molecule has 0 aliphatic rings. The van der Waals surface area contributed by atoms with Crippen LogP contribution in [0.5, 0.6) is 17.4 Å². The van der Waals surface area contributed by atoms with Gasteiger partial charge in [-0.1, -0.05) is 0 Å². The first-order valence-electron chi connectivity index (χ1n) is 5.15. The Labute approximate surface area is 103 Å². The van der Waals surface area contributed by atoms with Gasteiger partial charge in [-0.25, -0.2) is 4.98 Å². The number of ether oxygens (including phenoxy) is 1. The summed E-state index contributed by atoms with van der Waals surface area (Å²) in [7, 11) is 0. The van der Waals surface area contributed by atoms with Gasteiger partial charge in [-0.05, 0) is 37.3 Å². The maximum atomic E-state index is 10.8. The molecule has 0 saturated heterocycles. The van der Waals surface area contributed by atoms with Gasteiger partial charge < -0.3 is 9.84 Å². The summed E-state index contributed by atoms with van der Waals surface area (Å²) in [5, 5.41) is 20.0. The van der Waals surface area contributed by atoms with Crippen LogP contribution in [0.4, 0.5) is 5.69 Å². The summed E-state index contributed by atoms with van der Waals surface area (Å²) in [6, 6.07) is 8.75. The molecule has 6 heteroatoms. The van der Waals surface area contributed by atoms with E-state index in [1.54, 1.807) is 13.0 Å². The predicted octanol–water partition coefficient (Wildman–Crippen LogP) is 2.80. The summed E-state index contributed by atoms with van der Waals surface area (Å²) in [6.07, 6.45) is 0. The van der Waals surface area contributed by atoms with Crippen LogP contribution in [0.25, 0.3) is 0 Å². The Bertz CT molecular complexity index is 581. The van der Waals surface area contributed by atoms with E-state index in [0.29, 0.717) is 11.4 Å². The van der Waals surface area contributed by atoms with Crippen LogP contribution in [0.2, 0.25) is 0 Å². The van der Waals surface area contributed by atoms with Crippen molar-refractivity contribution in [2.45, 2.75) is 6.92 Å². The van der Waals surface area contributed by atoms with Gasteiger partial charge in [-0.15, -0.1) is 0 Å². The third kappa shape index (κ3) is 2.54. The fraction of sp³-hybridized carbons (Fsp3) is 0.0833. The molecular weight excluding hydrogens is 236 g/mol. The van der Waals surface area contributed by atoms with Crippen molar-refractivity contribution in [2.24, 2.45) is 0 Å². The average Bonchev–Trinajstić information content (AvgIpc) is 2.32. The molecule has 6 nitrogen and oxygen atoms in total. The number of hydrogen-bond acceptors (Lipinski definition) is 5. The molecule has 2 rings (SSSR count). The summed E-state index contributed by atoms with van der Waals surface area (Å²) >= 11 is 0. The lowest BCUT2D eigenvalue weighted by Gasteiger charge is -2.05. The van der Waals surface area contributed by atoms with E-state index in [1.165, 1.54) is 30.3 Å². The van der Waals surface area contributed by atoms with Gasteiger partial charge in [0.2, 0.25) is 0 Å². The van der Waals surface area contributed by atoms with Crippen LogP contribution in [-0.4, -0.2) is 15.0 Å². The highest BCUT2D eigenvalue weighted by molar-refractivity contribution is 5.44. The number of aromatic hydroxyl groups is 1. The van der Waals surface area contributed by atoms with Crippen molar-refractivity contribution in [3.63, 3.8) is 0 Å². The maximum Gasteiger partial charge on any atom is 0.331 e. The number of aromatic nitrogens is 1. The zero-order valence-corrected chi connectivity index (χ0v) is 9.53. The first kappa shape index (κ1) is 11.8. The Morgan fingerprint density at radius 2 is 1.89 bits per heavy atom. The monoisotopic (exact) mass is 246 g/mol. The minimum atomic E-state index is -0.553. The molecule has 0 amide bonds. The van der Waals surface area contributed by atoms with Crippen LogP contribution < -0.4 is 4.74 Å². The van der Waals surface area contributed by atoms with Crippen LogP contribution in [0, 0.1) is 17.0 Å². The highest BCUT2D eigenvalue weighted by Crippen LogP contribution is 2.29. The zero-order valence-electron chi connectivity index (χ0n) is 9.53. The molecule has 1 N–H and O–H groups in total. The molecule has 0 fully saturated rings. The maximum absolute atomic E-state index is 10.8. The quantitative estimate of drug-likeness (QED) is 0.664. The second-order valence-corrected chi connectivity index (χ2v) is 3.63. The first-order valence-corrected chi connectivity index (χ1v) is 5.15. The third-order valence-corrected chi connectivity index (χ3v) is 2.23. The normalized spacial score (nSPS) is 10.1. The first-order chi connectivity index (χ1) is 8.56. The Morgan fingerprint density at radius 3 is 2.50 bits per heavy atom. The number of aryl methyl sites for hydroxylation is 1. The lowest BCUT2D eigenvalue weighted by atomic mass is 10.3. The Hall–Kier alpha value is -2.63. The van der Waals surface area contributed by atoms with Crippen molar-refractivity contribution in [3.8, 4) is 17.4 Å². The van der Waals surface area contributed by atoms with Crippen LogP contribution >= 0.6 is 0 Å². The largest absolute Gasteiger partial charge is 0.508 e. The lowest BCUT2D eigenvalue weighted by molar-refractivity contribution is -0.386. The van der Waals surface area contributed by atoms with Gasteiger partial charge in [0.15, 0.2) is 0 Å². The molecule has 1 heterocycles. The van der Waals surface area contributed by atoms with Crippen molar-refractivity contribution in [3.05, 3.63) is 52.2 Å². The second kappa shape index (κ2) is 4.70. The summed E-state index contributed by atoms with van der Waals surface area (Å²) in [6.45, 7) is 1.72. The van der Waals surface area contributed by atoms with Gasteiger partial charge in [-0.2, -0.15) is 0 Å². The van der Waals surface area contributed by atoms with Gasteiger partial charge >= 0.3 is 5.69 Å². The van der Waals surface area contributed by atoms with Crippen molar-refractivity contribution >= 4 is 5.69 Å². The highest BCUT2D eigenvalue weighted by atomic mass is 16.6. The topological polar surface area (TPSA) is 85.5 Å². The predicted molar refractivity (Wildman–Crippen MR) is 63.8 cm³/mol. The van der Waals surface area contributed by atoms with Gasteiger partial charge in [0.25, 0.3) is 5.88 Å². The lowest BCUT2D eigenvalue weighted by Crippen LogP contribution is -1.97. The molecule has 1 aromatic carbocycles. The molecule has 0 aliphatic heterocycles. The Balaban J connectivity index is 2.35. The van der Waals surface area contributed by atoms with Crippen LogP contribution in [0.3, 0.4) is 0 Å². The van der Waals surface area contributed by atoms with E-state index in [2.05, 4.69) is 4.98 Å². The molecule has 0 aliphatic carbocycles. The minimum absolute atomic E-state index is 0.0642. The van der Waals surface area contributed by atoms with Gasteiger partial charge in [0.1, 0.15) is 11.5 Å². The number of benzene rings is 1. The molecule has 18 heavy (non-hydrogen) atoms. The van der Waals surface area contributed by atoms with E-state index in [9.17, 15) is 10.1 Å². The zero-order chi connectivity index (χ0) is 13.1. The molecule has 2 aromatic rings.